The lowest BCUT2D eigenvalue weighted by molar-refractivity contribution is 0.384. The summed E-state index contributed by atoms with van der Waals surface area (Å²) in [7, 11) is -3.53. The van der Waals surface area contributed by atoms with Gasteiger partial charge in [-0.1, -0.05) is 39.1 Å². The van der Waals surface area contributed by atoms with Crippen molar-refractivity contribution in [2.75, 3.05) is 31.1 Å². The van der Waals surface area contributed by atoms with E-state index in [0.717, 1.165) is 21.3 Å². The van der Waals surface area contributed by atoms with E-state index in [4.69, 9.17) is 23.2 Å². The van der Waals surface area contributed by atoms with Crippen LogP contribution in [0.15, 0.2) is 39.7 Å². The monoisotopic (exact) mass is 476 g/mol. The van der Waals surface area contributed by atoms with Crippen LogP contribution in [-0.2, 0) is 10.0 Å². The Bertz CT molecular complexity index is 942. The lowest BCUT2D eigenvalue weighted by Crippen LogP contribution is -2.48. The molecule has 2 aromatic rings. The van der Waals surface area contributed by atoms with Crippen molar-refractivity contribution in [1.82, 2.24) is 4.31 Å². The van der Waals surface area contributed by atoms with Crippen LogP contribution in [0.25, 0.3) is 0 Å². The van der Waals surface area contributed by atoms with Gasteiger partial charge in [0.2, 0.25) is 10.0 Å². The normalized spacial score (nSPS) is 16.1. The summed E-state index contributed by atoms with van der Waals surface area (Å²) in [6, 6.07) is 8.90. The molecule has 0 radical (unpaired) electrons. The van der Waals surface area contributed by atoms with Crippen LogP contribution in [0.5, 0.6) is 0 Å². The van der Waals surface area contributed by atoms with Crippen LogP contribution >= 0.6 is 39.1 Å². The van der Waals surface area contributed by atoms with Gasteiger partial charge in [-0.15, -0.1) is 0 Å². The van der Waals surface area contributed by atoms with Gasteiger partial charge >= 0.3 is 0 Å². The summed E-state index contributed by atoms with van der Waals surface area (Å²) in [4.78, 5) is 2.44. The third-order valence-electron chi connectivity index (χ3n) is 4.56. The predicted molar refractivity (Wildman–Crippen MR) is 111 cm³/mol. The second kappa shape index (κ2) is 7.68. The molecule has 26 heavy (non-hydrogen) atoms. The minimum atomic E-state index is -3.53. The van der Waals surface area contributed by atoms with Crippen molar-refractivity contribution in [3.8, 4) is 0 Å². The number of halogens is 3. The molecule has 1 saturated heterocycles. The fourth-order valence-electron chi connectivity index (χ4n) is 3.07. The van der Waals surface area contributed by atoms with Crippen LogP contribution in [0.1, 0.15) is 11.1 Å². The van der Waals surface area contributed by atoms with E-state index in [1.807, 2.05) is 26.0 Å². The molecule has 1 heterocycles. The highest BCUT2D eigenvalue weighted by Gasteiger charge is 2.30. The summed E-state index contributed by atoms with van der Waals surface area (Å²) in [5.41, 5.74) is 2.48. The lowest BCUT2D eigenvalue weighted by Gasteiger charge is -2.36. The van der Waals surface area contributed by atoms with E-state index in [-0.39, 0.29) is 0 Å². The number of rotatable bonds is 3. The van der Waals surface area contributed by atoms with Crippen molar-refractivity contribution in [3.05, 3.63) is 56.0 Å². The molecule has 3 rings (SSSR count). The topological polar surface area (TPSA) is 40.6 Å². The standard InChI is InChI=1S/C18H19BrCl2N2O2S/c1-12-10-18(13(2)9-15(12)19)26(24,25)23-7-5-22(6-8-23)17-11-14(20)3-4-16(17)21/h3-4,9-11H,5-8H2,1-2H3. The molecule has 0 atom stereocenters. The van der Waals surface area contributed by atoms with E-state index in [1.54, 1.807) is 18.2 Å². The SMILES string of the molecule is Cc1cc(S(=O)(=O)N2CCN(c3cc(Cl)ccc3Cl)CC2)c(C)cc1Br. The van der Waals surface area contributed by atoms with Gasteiger partial charge in [-0.3, -0.25) is 0 Å². The Morgan fingerprint density at radius 1 is 0.962 bits per heavy atom. The Morgan fingerprint density at radius 3 is 2.27 bits per heavy atom. The van der Waals surface area contributed by atoms with Gasteiger partial charge in [0, 0.05) is 35.7 Å². The van der Waals surface area contributed by atoms with E-state index in [1.165, 1.54) is 4.31 Å². The number of anilines is 1. The molecular formula is C18H19BrCl2N2O2S. The summed E-state index contributed by atoms with van der Waals surface area (Å²) < 4.78 is 28.6. The highest BCUT2D eigenvalue weighted by atomic mass is 79.9. The molecular weight excluding hydrogens is 459 g/mol. The fraction of sp³-hybridized carbons (Fsp3) is 0.333. The highest BCUT2D eigenvalue weighted by Crippen LogP contribution is 2.31. The zero-order valence-corrected chi connectivity index (χ0v) is 18.4. The predicted octanol–water partition coefficient (Wildman–Crippen LogP) is 4.88. The average Bonchev–Trinajstić information content (AvgIpc) is 2.60. The van der Waals surface area contributed by atoms with E-state index in [2.05, 4.69) is 20.8 Å². The molecule has 1 fully saturated rings. The Kier molecular flexibility index (Phi) is 5.89. The van der Waals surface area contributed by atoms with Gasteiger partial charge in [0.15, 0.2) is 0 Å². The molecule has 2 aromatic carbocycles. The second-order valence-electron chi connectivity index (χ2n) is 6.35. The fourth-order valence-corrected chi connectivity index (χ4v) is 5.64. The number of sulfonamides is 1. The molecule has 0 aromatic heterocycles. The molecule has 0 spiro atoms. The van der Waals surface area contributed by atoms with Crippen molar-refractivity contribution < 1.29 is 8.42 Å². The Balaban J connectivity index is 1.81. The van der Waals surface area contributed by atoms with Crippen LogP contribution in [-0.4, -0.2) is 38.9 Å². The molecule has 0 bridgehead atoms. The number of hydrogen-bond acceptors (Lipinski definition) is 3. The van der Waals surface area contributed by atoms with Crippen molar-refractivity contribution in [3.63, 3.8) is 0 Å². The van der Waals surface area contributed by atoms with E-state index in [9.17, 15) is 8.42 Å². The molecule has 4 nitrogen and oxygen atoms in total. The Morgan fingerprint density at radius 2 is 1.62 bits per heavy atom. The molecule has 0 unspecified atom stereocenters. The number of hydrogen-bond donors (Lipinski definition) is 0. The van der Waals surface area contributed by atoms with Crippen LogP contribution in [0.3, 0.4) is 0 Å². The Labute approximate surface area is 172 Å². The lowest BCUT2D eigenvalue weighted by atomic mass is 10.2. The summed E-state index contributed by atoms with van der Waals surface area (Å²) in [5.74, 6) is 0. The summed E-state index contributed by atoms with van der Waals surface area (Å²) in [6.45, 7) is 5.64. The number of piperazine rings is 1. The van der Waals surface area contributed by atoms with Crippen molar-refractivity contribution >= 4 is 54.8 Å². The number of aryl methyl sites for hydroxylation is 2. The van der Waals surface area contributed by atoms with Gasteiger partial charge in [-0.25, -0.2) is 8.42 Å². The maximum Gasteiger partial charge on any atom is 0.243 e. The minimum absolute atomic E-state index is 0.368. The van der Waals surface area contributed by atoms with E-state index >= 15 is 0 Å². The first-order valence-electron chi connectivity index (χ1n) is 8.17. The van der Waals surface area contributed by atoms with Gasteiger partial charge in [-0.05, 0) is 55.3 Å². The van der Waals surface area contributed by atoms with Gasteiger partial charge in [-0.2, -0.15) is 4.31 Å². The van der Waals surface area contributed by atoms with E-state index in [0.29, 0.717) is 41.1 Å². The van der Waals surface area contributed by atoms with Crippen LogP contribution in [0.2, 0.25) is 10.0 Å². The third kappa shape index (κ3) is 3.90. The summed E-state index contributed by atoms with van der Waals surface area (Å²) >= 11 is 15.8. The first kappa shape index (κ1) is 20.0. The summed E-state index contributed by atoms with van der Waals surface area (Å²) in [5, 5.41) is 1.23. The number of benzene rings is 2. The molecule has 0 saturated carbocycles. The van der Waals surface area contributed by atoms with Gasteiger partial charge < -0.3 is 4.90 Å². The first-order valence-corrected chi connectivity index (χ1v) is 11.2. The smallest absolute Gasteiger partial charge is 0.243 e. The summed E-state index contributed by atoms with van der Waals surface area (Å²) in [6.07, 6.45) is 0. The second-order valence-corrected chi connectivity index (χ2v) is 9.96. The molecule has 1 aliphatic heterocycles. The largest absolute Gasteiger partial charge is 0.368 e. The van der Waals surface area contributed by atoms with Crippen molar-refractivity contribution in [2.45, 2.75) is 18.7 Å². The average molecular weight is 478 g/mol. The van der Waals surface area contributed by atoms with Gasteiger partial charge in [0.05, 0.1) is 15.6 Å². The maximum atomic E-state index is 13.1. The zero-order valence-electron chi connectivity index (χ0n) is 14.5. The molecule has 0 N–H and O–H groups in total. The third-order valence-corrected chi connectivity index (χ3v) is 8.01. The molecule has 1 aliphatic rings. The minimum Gasteiger partial charge on any atom is -0.368 e. The van der Waals surface area contributed by atoms with Gasteiger partial charge in [0.1, 0.15) is 0 Å². The van der Waals surface area contributed by atoms with Crippen molar-refractivity contribution in [1.29, 1.82) is 0 Å². The molecule has 8 heteroatoms. The zero-order chi connectivity index (χ0) is 19.1. The molecule has 0 amide bonds. The van der Waals surface area contributed by atoms with E-state index < -0.39 is 10.0 Å². The van der Waals surface area contributed by atoms with Crippen molar-refractivity contribution in [2.24, 2.45) is 0 Å². The first-order chi connectivity index (χ1) is 12.2. The van der Waals surface area contributed by atoms with Gasteiger partial charge in [0.25, 0.3) is 0 Å². The van der Waals surface area contributed by atoms with Crippen LogP contribution in [0.4, 0.5) is 5.69 Å². The maximum absolute atomic E-state index is 13.1. The Hall–Kier alpha value is -0.790. The van der Waals surface area contributed by atoms with Crippen LogP contribution < -0.4 is 4.90 Å². The molecule has 140 valence electrons. The quantitative estimate of drug-likeness (QED) is 0.632. The molecule has 0 aliphatic carbocycles. The number of nitrogens with zero attached hydrogens (tertiary/aromatic N) is 2. The van der Waals surface area contributed by atoms with Crippen LogP contribution in [0, 0.1) is 13.8 Å². The highest BCUT2D eigenvalue weighted by molar-refractivity contribution is 9.10.